The first-order chi connectivity index (χ1) is 6.43. The predicted octanol–water partition coefficient (Wildman–Crippen LogP) is -0.0692. The average Bonchev–Trinajstić information content (AvgIpc) is 2.15. The summed E-state index contributed by atoms with van der Waals surface area (Å²) in [5, 5.41) is 0. The zero-order valence-electron chi connectivity index (χ0n) is 7.56. The Labute approximate surface area is 79.8 Å². The van der Waals surface area contributed by atoms with Crippen LogP contribution in [0.5, 0.6) is 0 Å². The molecular weight excluding hydrogens is 199 g/mol. The lowest BCUT2D eigenvalue weighted by atomic mass is 10.1. The molecule has 1 rings (SSSR count). The highest BCUT2D eigenvalue weighted by Crippen LogP contribution is 2.13. The summed E-state index contributed by atoms with van der Waals surface area (Å²) in [6, 6.07) is -0.377. The van der Waals surface area contributed by atoms with Crippen LogP contribution < -0.4 is 4.90 Å². The molecule has 1 aliphatic heterocycles. The van der Waals surface area contributed by atoms with Crippen LogP contribution in [0, 0.1) is 7.05 Å². The molecule has 0 bridgehead atoms. The van der Waals surface area contributed by atoms with Gasteiger partial charge in [0.25, 0.3) is 0 Å². The van der Waals surface area contributed by atoms with Crippen molar-refractivity contribution in [1.82, 2.24) is 0 Å². The Kier molecular flexibility index (Phi) is 3.49. The van der Waals surface area contributed by atoms with Crippen molar-refractivity contribution in [2.75, 3.05) is 13.2 Å². The molecule has 1 amide bonds. The van der Waals surface area contributed by atoms with Gasteiger partial charge >= 0.3 is 12.1 Å². The second-order valence-corrected chi connectivity index (χ2v) is 3.24. The van der Waals surface area contributed by atoms with Gasteiger partial charge in [-0.25, -0.2) is 4.79 Å². The summed E-state index contributed by atoms with van der Waals surface area (Å²) < 4.78 is 41.0. The Morgan fingerprint density at radius 3 is 2.29 bits per heavy atom. The van der Waals surface area contributed by atoms with Crippen molar-refractivity contribution in [1.29, 1.82) is 0 Å². The van der Waals surface area contributed by atoms with Gasteiger partial charge in [0.05, 0.1) is 19.3 Å². The van der Waals surface area contributed by atoms with Gasteiger partial charge in [-0.3, -0.25) is 0 Å². The maximum Gasteiger partial charge on any atom is 0.506 e. The molecule has 1 atom stereocenters. The fourth-order valence-electron chi connectivity index (χ4n) is 1.41. The molecular formula is C8H12F3NO2. The topological polar surface area (TPSA) is 30.7 Å². The highest BCUT2D eigenvalue weighted by molar-refractivity contribution is 5.73. The van der Waals surface area contributed by atoms with Crippen LogP contribution >= 0.6 is 0 Å². The van der Waals surface area contributed by atoms with Gasteiger partial charge in [-0.2, -0.15) is 13.2 Å². The summed E-state index contributed by atoms with van der Waals surface area (Å²) >= 11 is 0. The molecule has 0 aromatic carbocycles. The molecule has 0 aliphatic carbocycles. The van der Waals surface area contributed by atoms with Gasteiger partial charge in [0.1, 0.15) is 0 Å². The second-order valence-electron chi connectivity index (χ2n) is 3.24. The Morgan fingerprint density at radius 1 is 1.36 bits per heavy atom. The molecule has 1 fully saturated rings. The van der Waals surface area contributed by atoms with E-state index < -0.39 is 12.1 Å². The Bertz CT molecular complexity index is 211. The number of alkyl halides is 3. The molecule has 0 aromatic heterocycles. The van der Waals surface area contributed by atoms with Crippen molar-refractivity contribution >= 4 is 5.91 Å². The molecule has 1 N–H and O–H groups in total. The van der Waals surface area contributed by atoms with Crippen molar-refractivity contribution in [3.63, 3.8) is 0 Å². The van der Waals surface area contributed by atoms with E-state index in [1.54, 1.807) is 0 Å². The maximum atomic E-state index is 12.0. The molecule has 14 heavy (non-hydrogen) atoms. The Morgan fingerprint density at radius 2 is 1.86 bits per heavy atom. The first kappa shape index (κ1) is 11.5. The van der Waals surface area contributed by atoms with Crippen molar-refractivity contribution in [3.8, 4) is 0 Å². The number of carbonyl (C=O) groups is 1. The summed E-state index contributed by atoms with van der Waals surface area (Å²) in [6.45, 7) is 0.795. The van der Waals surface area contributed by atoms with E-state index in [2.05, 4.69) is 7.05 Å². The predicted molar refractivity (Wildman–Crippen MR) is 41.2 cm³/mol. The number of rotatable bonds is 1. The highest BCUT2D eigenvalue weighted by Gasteiger charge is 2.45. The van der Waals surface area contributed by atoms with E-state index in [-0.39, 0.29) is 10.9 Å². The number of amides is 1. The van der Waals surface area contributed by atoms with Gasteiger partial charge in [0, 0.05) is 12.8 Å². The van der Waals surface area contributed by atoms with Crippen LogP contribution in [0.4, 0.5) is 13.2 Å². The number of hydrogen-bond donors (Lipinski definition) is 1. The summed E-state index contributed by atoms with van der Waals surface area (Å²) in [4.78, 5) is 10.5. The van der Waals surface area contributed by atoms with Crippen molar-refractivity contribution in [3.05, 3.63) is 7.05 Å². The normalized spacial score (nSPS) is 22.0. The third kappa shape index (κ3) is 2.68. The minimum absolute atomic E-state index is 0.333. The lowest BCUT2D eigenvalue weighted by molar-refractivity contribution is -0.809. The van der Waals surface area contributed by atoms with Crippen molar-refractivity contribution in [2.24, 2.45) is 0 Å². The van der Waals surface area contributed by atoms with Gasteiger partial charge in [0.15, 0.2) is 0 Å². The molecule has 3 nitrogen and oxygen atoms in total. The van der Waals surface area contributed by atoms with E-state index in [1.807, 2.05) is 0 Å². The number of hydrogen-bond acceptors (Lipinski definition) is 2. The molecule has 0 aromatic rings. The number of ether oxygens (including phenoxy) is 1. The van der Waals surface area contributed by atoms with E-state index in [0.29, 0.717) is 26.1 Å². The fraction of sp³-hybridized carbons (Fsp3) is 0.750. The molecule has 0 radical (unpaired) electrons. The minimum atomic E-state index is -4.80. The smallest absolute Gasteiger partial charge is 0.393 e. The monoisotopic (exact) mass is 211 g/mol. The van der Waals surface area contributed by atoms with Crippen LogP contribution in [0.25, 0.3) is 0 Å². The van der Waals surface area contributed by atoms with E-state index in [4.69, 9.17) is 4.74 Å². The van der Waals surface area contributed by atoms with Crippen molar-refractivity contribution in [2.45, 2.75) is 25.1 Å². The largest absolute Gasteiger partial charge is 0.506 e. The standard InChI is InChI=1S/C8H12F3NO2/c1-12(7(13)8(9,10)11)6-2-4-14-5-3-6/h6,12H,1-5H2. The lowest BCUT2D eigenvalue weighted by Crippen LogP contribution is -3.15. The third-order valence-electron chi connectivity index (χ3n) is 2.26. The molecule has 0 spiro atoms. The van der Waals surface area contributed by atoms with E-state index >= 15 is 0 Å². The quantitative estimate of drug-likeness (QED) is 0.615. The van der Waals surface area contributed by atoms with E-state index in [9.17, 15) is 18.0 Å². The van der Waals surface area contributed by atoms with Gasteiger partial charge < -0.3 is 9.64 Å². The number of carbonyl (C=O) groups excluding carboxylic acids is 1. The minimum Gasteiger partial charge on any atom is -0.393 e. The number of halogens is 3. The molecule has 1 saturated heterocycles. The number of quaternary nitrogens is 1. The van der Waals surface area contributed by atoms with Gasteiger partial charge in [-0.15, -0.1) is 7.05 Å². The number of nitrogens with one attached hydrogen (secondary N) is 1. The second kappa shape index (κ2) is 4.27. The zero-order chi connectivity index (χ0) is 10.8. The van der Waals surface area contributed by atoms with Crippen LogP contribution in [0.3, 0.4) is 0 Å². The molecule has 82 valence electrons. The average molecular weight is 211 g/mol. The van der Waals surface area contributed by atoms with E-state index in [0.717, 1.165) is 0 Å². The van der Waals surface area contributed by atoms with Gasteiger partial charge in [-0.1, -0.05) is 0 Å². The first-order valence-electron chi connectivity index (χ1n) is 4.31. The first-order valence-corrected chi connectivity index (χ1v) is 4.31. The third-order valence-corrected chi connectivity index (χ3v) is 2.26. The van der Waals surface area contributed by atoms with Crippen LogP contribution in [0.15, 0.2) is 0 Å². The maximum absolute atomic E-state index is 12.0. The van der Waals surface area contributed by atoms with E-state index in [1.165, 1.54) is 0 Å². The van der Waals surface area contributed by atoms with Crippen molar-refractivity contribution < 1.29 is 27.6 Å². The summed E-state index contributed by atoms with van der Waals surface area (Å²) in [5.41, 5.74) is 0. The van der Waals surface area contributed by atoms with Crippen LogP contribution in [0.2, 0.25) is 0 Å². The molecule has 0 saturated carbocycles. The van der Waals surface area contributed by atoms with Crippen LogP contribution in [-0.4, -0.2) is 31.3 Å². The molecule has 1 unspecified atom stereocenters. The zero-order valence-corrected chi connectivity index (χ0v) is 7.56. The molecule has 6 heteroatoms. The van der Waals surface area contributed by atoms with Crippen LogP contribution in [0.1, 0.15) is 12.8 Å². The van der Waals surface area contributed by atoms with Crippen LogP contribution in [-0.2, 0) is 9.53 Å². The summed E-state index contributed by atoms with van der Waals surface area (Å²) in [7, 11) is 3.22. The molecule has 1 aliphatic rings. The Hall–Kier alpha value is -0.620. The summed E-state index contributed by atoms with van der Waals surface area (Å²) in [5.74, 6) is -1.80. The van der Waals surface area contributed by atoms with Gasteiger partial charge in [-0.05, 0) is 0 Å². The Balaban J connectivity index is 2.55. The summed E-state index contributed by atoms with van der Waals surface area (Å²) in [6.07, 6.45) is -3.91. The molecule has 1 heterocycles. The SMILES string of the molecule is [CH2-][NH+](C(=O)C(F)(F)F)C1CCOCC1. The lowest BCUT2D eigenvalue weighted by Gasteiger charge is -2.31. The fourth-order valence-corrected chi connectivity index (χ4v) is 1.41. The van der Waals surface area contributed by atoms with Gasteiger partial charge in [0.2, 0.25) is 0 Å². The highest BCUT2D eigenvalue weighted by atomic mass is 19.4.